The summed E-state index contributed by atoms with van der Waals surface area (Å²) < 4.78 is 37.6. The van der Waals surface area contributed by atoms with Crippen LogP contribution in [0.4, 0.5) is 0 Å². The van der Waals surface area contributed by atoms with Crippen molar-refractivity contribution in [1.29, 1.82) is 0 Å². The molecule has 1 heterocycles. The van der Waals surface area contributed by atoms with Crippen LogP contribution in [0.2, 0.25) is 0 Å². The average Bonchev–Trinajstić information content (AvgIpc) is 2.84. The summed E-state index contributed by atoms with van der Waals surface area (Å²) >= 11 is 0. The third kappa shape index (κ3) is 4.88. The molecule has 110 valence electrons. The first kappa shape index (κ1) is 16.1. The second-order valence-corrected chi connectivity index (χ2v) is 5.59. The number of aliphatic hydroxyl groups is 1. The van der Waals surface area contributed by atoms with Crippen LogP contribution in [0.25, 0.3) is 0 Å². The normalized spacial score (nSPS) is 13.6. The minimum absolute atomic E-state index is 0.0493. The van der Waals surface area contributed by atoms with Gasteiger partial charge in [0.25, 0.3) is 0 Å². The molecule has 0 aliphatic carbocycles. The van der Waals surface area contributed by atoms with Crippen molar-refractivity contribution in [3.8, 4) is 0 Å². The Hall–Kier alpha value is -1.00. The fourth-order valence-electron chi connectivity index (χ4n) is 1.39. The third-order valence-corrected chi connectivity index (χ3v) is 3.81. The molecule has 1 aromatic rings. The van der Waals surface area contributed by atoms with Crippen molar-refractivity contribution in [2.24, 2.45) is 0 Å². The summed E-state index contributed by atoms with van der Waals surface area (Å²) in [6, 6.07) is 0. The second kappa shape index (κ2) is 7.56. The molecule has 1 atom stereocenters. The minimum atomic E-state index is -3.63. The van der Waals surface area contributed by atoms with Gasteiger partial charge in [-0.05, 0) is 0 Å². The number of ether oxygens (including phenoxy) is 2. The van der Waals surface area contributed by atoms with Crippen molar-refractivity contribution in [1.82, 2.24) is 14.5 Å². The molecule has 0 amide bonds. The van der Waals surface area contributed by atoms with Crippen LogP contribution >= 0.6 is 0 Å². The molecular formula is C10H19N3O5S. The lowest BCUT2D eigenvalue weighted by Gasteiger charge is -2.14. The first-order chi connectivity index (χ1) is 9.03. The van der Waals surface area contributed by atoms with E-state index < -0.39 is 10.0 Å². The number of aromatic nitrogens is 2. The number of methoxy groups -OCH3 is 2. The predicted molar refractivity (Wildman–Crippen MR) is 67.2 cm³/mol. The zero-order valence-electron chi connectivity index (χ0n) is 10.9. The molecule has 1 rings (SSSR count). The largest absolute Gasteiger partial charge is 0.394 e. The highest BCUT2D eigenvalue weighted by Crippen LogP contribution is 2.07. The van der Waals surface area contributed by atoms with Gasteiger partial charge in [-0.1, -0.05) is 0 Å². The standard InChI is InChI=1S/C10H19N3O5S/c1-17-8-9(18-2)5-12-19(15,16)10-6-11-13(7-10)3-4-14/h6-7,9,12,14H,3-5,8H2,1-2H3. The third-order valence-electron chi connectivity index (χ3n) is 2.44. The zero-order chi connectivity index (χ0) is 14.3. The lowest BCUT2D eigenvalue weighted by Crippen LogP contribution is -2.35. The molecule has 19 heavy (non-hydrogen) atoms. The summed E-state index contributed by atoms with van der Waals surface area (Å²) in [4.78, 5) is 0.0493. The number of hydrogen-bond acceptors (Lipinski definition) is 6. The predicted octanol–water partition coefficient (Wildman–Crippen LogP) is -1.18. The first-order valence-corrected chi connectivity index (χ1v) is 7.16. The van der Waals surface area contributed by atoms with Gasteiger partial charge in [-0.25, -0.2) is 13.1 Å². The molecule has 0 saturated heterocycles. The van der Waals surface area contributed by atoms with Gasteiger partial charge in [-0.2, -0.15) is 5.10 Å². The average molecular weight is 293 g/mol. The Bertz CT molecular complexity index is 473. The number of sulfonamides is 1. The molecule has 0 aliphatic heterocycles. The number of hydrogen-bond donors (Lipinski definition) is 2. The number of rotatable bonds is 9. The Kier molecular flexibility index (Phi) is 6.38. The molecule has 0 bridgehead atoms. The van der Waals surface area contributed by atoms with Gasteiger partial charge in [0.1, 0.15) is 4.90 Å². The van der Waals surface area contributed by atoms with E-state index in [1.165, 1.54) is 31.3 Å². The number of aliphatic hydroxyl groups excluding tert-OH is 1. The topological polar surface area (TPSA) is 103 Å². The van der Waals surface area contributed by atoms with Crippen LogP contribution in [-0.4, -0.2) is 63.4 Å². The minimum Gasteiger partial charge on any atom is -0.394 e. The SMILES string of the molecule is COCC(CNS(=O)(=O)c1cnn(CCO)c1)OC. The van der Waals surface area contributed by atoms with E-state index in [0.717, 1.165) is 0 Å². The maximum absolute atomic E-state index is 12.0. The molecule has 0 radical (unpaired) electrons. The smallest absolute Gasteiger partial charge is 0.243 e. The van der Waals surface area contributed by atoms with E-state index in [4.69, 9.17) is 14.6 Å². The highest BCUT2D eigenvalue weighted by Gasteiger charge is 2.18. The molecule has 9 heteroatoms. The van der Waals surface area contributed by atoms with Crippen molar-refractivity contribution >= 4 is 10.0 Å². The van der Waals surface area contributed by atoms with E-state index in [-0.39, 0.29) is 30.7 Å². The van der Waals surface area contributed by atoms with E-state index in [2.05, 4.69) is 9.82 Å². The van der Waals surface area contributed by atoms with Crippen LogP contribution in [0.3, 0.4) is 0 Å². The summed E-state index contributed by atoms with van der Waals surface area (Å²) in [5.41, 5.74) is 0. The van der Waals surface area contributed by atoms with Gasteiger partial charge in [-0.3, -0.25) is 4.68 Å². The van der Waals surface area contributed by atoms with E-state index in [0.29, 0.717) is 6.61 Å². The van der Waals surface area contributed by atoms with E-state index in [9.17, 15) is 8.42 Å². The Morgan fingerprint density at radius 1 is 1.53 bits per heavy atom. The summed E-state index contributed by atoms with van der Waals surface area (Å²) in [6.07, 6.45) is 2.24. The number of nitrogens with one attached hydrogen (secondary N) is 1. The quantitative estimate of drug-likeness (QED) is 0.594. The van der Waals surface area contributed by atoms with E-state index >= 15 is 0 Å². The van der Waals surface area contributed by atoms with Crippen molar-refractivity contribution in [2.75, 3.05) is 34.0 Å². The monoisotopic (exact) mass is 293 g/mol. The zero-order valence-corrected chi connectivity index (χ0v) is 11.8. The molecular weight excluding hydrogens is 274 g/mol. The molecule has 2 N–H and O–H groups in total. The molecule has 0 spiro atoms. The summed E-state index contributed by atoms with van der Waals surface area (Å²) in [6.45, 7) is 0.550. The number of nitrogens with zero attached hydrogens (tertiary/aromatic N) is 2. The van der Waals surface area contributed by atoms with Gasteiger partial charge < -0.3 is 14.6 Å². The van der Waals surface area contributed by atoms with Crippen LogP contribution in [0, 0.1) is 0 Å². The maximum atomic E-state index is 12.0. The van der Waals surface area contributed by atoms with E-state index in [1.807, 2.05) is 0 Å². The molecule has 0 saturated carbocycles. The van der Waals surface area contributed by atoms with Crippen LogP contribution in [0.5, 0.6) is 0 Å². The summed E-state index contributed by atoms with van der Waals surface area (Å²) in [5.74, 6) is 0. The molecule has 1 unspecified atom stereocenters. The molecule has 0 fully saturated rings. The van der Waals surface area contributed by atoms with Gasteiger partial charge >= 0.3 is 0 Å². The Morgan fingerprint density at radius 3 is 2.84 bits per heavy atom. The molecule has 0 aromatic carbocycles. The Morgan fingerprint density at radius 2 is 2.26 bits per heavy atom. The van der Waals surface area contributed by atoms with Gasteiger partial charge in [0.05, 0.1) is 32.1 Å². The second-order valence-electron chi connectivity index (χ2n) is 3.83. The van der Waals surface area contributed by atoms with Gasteiger partial charge in [0.15, 0.2) is 0 Å². The van der Waals surface area contributed by atoms with Crippen LogP contribution in [0.15, 0.2) is 17.3 Å². The van der Waals surface area contributed by atoms with Crippen molar-refractivity contribution in [3.63, 3.8) is 0 Å². The molecule has 8 nitrogen and oxygen atoms in total. The highest BCUT2D eigenvalue weighted by molar-refractivity contribution is 7.89. The fourth-order valence-corrected chi connectivity index (χ4v) is 2.41. The van der Waals surface area contributed by atoms with Crippen LogP contribution in [-0.2, 0) is 26.0 Å². The summed E-state index contributed by atoms with van der Waals surface area (Å²) in [7, 11) is -0.635. The van der Waals surface area contributed by atoms with Gasteiger partial charge in [0, 0.05) is 27.0 Å². The lowest BCUT2D eigenvalue weighted by atomic mass is 10.4. The lowest BCUT2D eigenvalue weighted by molar-refractivity contribution is 0.0320. The first-order valence-electron chi connectivity index (χ1n) is 5.68. The Labute approximate surface area is 112 Å². The Balaban J connectivity index is 2.64. The van der Waals surface area contributed by atoms with Gasteiger partial charge in [0.2, 0.25) is 10.0 Å². The summed E-state index contributed by atoms with van der Waals surface area (Å²) in [5, 5.41) is 12.6. The van der Waals surface area contributed by atoms with Crippen LogP contribution in [0.1, 0.15) is 0 Å². The highest BCUT2D eigenvalue weighted by atomic mass is 32.2. The fraction of sp³-hybridized carbons (Fsp3) is 0.700. The van der Waals surface area contributed by atoms with Crippen molar-refractivity contribution in [2.45, 2.75) is 17.5 Å². The van der Waals surface area contributed by atoms with E-state index in [1.54, 1.807) is 0 Å². The van der Waals surface area contributed by atoms with Crippen molar-refractivity contribution in [3.05, 3.63) is 12.4 Å². The van der Waals surface area contributed by atoms with Crippen molar-refractivity contribution < 1.29 is 23.0 Å². The van der Waals surface area contributed by atoms with Gasteiger partial charge in [-0.15, -0.1) is 0 Å². The van der Waals surface area contributed by atoms with Crippen LogP contribution < -0.4 is 4.72 Å². The maximum Gasteiger partial charge on any atom is 0.243 e. The molecule has 0 aliphatic rings. The molecule has 1 aromatic heterocycles.